The minimum Gasteiger partial charge on any atom is -0.356 e. The third kappa shape index (κ3) is 6.32. The van der Waals surface area contributed by atoms with Crippen molar-refractivity contribution < 1.29 is 12.8 Å². The Labute approximate surface area is 172 Å². The molecular weight excluding hydrogens is 403 g/mol. The lowest BCUT2D eigenvalue weighted by atomic mass is 9.84. The van der Waals surface area contributed by atoms with Crippen LogP contribution in [0.25, 0.3) is 0 Å². The van der Waals surface area contributed by atoms with E-state index in [-0.39, 0.29) is 11.2 Å². The number of sulfonamides is 1. The largest absolute Gasteiger partial charge is 0.356 e. The molecule has 9 heteroatoms. The smallest absolute Gasteiger partial charge is 0.211 e. The second-order valence-corrected chi connectivity index (χ2v) is 10.3. The van der Waals surface area contributed by atoms with Crippen molar-refractivity contribution in [1.82, 2.24) is 14.9 Å². The summed E-state index contributed by atoms with van der Waals surface area (Å²) >= 11 is 6.21. The normalized spacial score (nSPS) is 17.6. The van der Waals surface area contributed by atoms with Crippen molar-refractivity contribution in [3.05, 3.63) is 34.6 Å². The van der Waals surface area contributed by atoms with Crippen molar-refractivity contribution in [1.29, 1.82) is 0 Å². The van der Waals surface area contributed by atoms with Crippen LogP contribution in [0.1, 0.15) is 32.3 Å². The van der Waals surface area contributed by atoms with Crippen molar-refractivity contribution in [3.63, 3.8) is 0 Å². The van der Waals surface area contributed by atoms with E-state index >= 15 is 0 Å². The van der Waals surface area contributed by atoms with E-state index in [1.165, 1.54) is 22.7 Å². The van der Waals surface area contributed by atoms with Crippen molar-refractivity contribution in [2.75, 3.05) is 39.5 Å². The zero-order valence-corrected chi connectivity index (χ0v) is 18.5. The zero-order valence-electron chi connectivity index (χ0n) is 16.9. The molecule has 1 aliphatic rings. The molecule has 0 unspecified atom stereocenters. The van der Waals surface area contributed by atoms with Gasteiger partial charge in [-0.1, -0.05) is 31.5 Å². The van der Waals surface area contributed by atoms with E-state index in [4.69, 9.17) is 11.6 Å². The summed E-state index contributed by atoms with van der Waals surface area (Å²) in [5, 5.41) is 7.03. The third-order valence-corrected chi connectivity index (χ3v) is 6.80. The maximum absolute atomic E-state index is 13.3. The molecule has 6 nitrogen and oxygen atoms in total. The lowest BCUT2D eigenvalue weighted by molar-refractivity contribution is 0.274. The lowest BCUT2D eigenvalue weighted by Crippen LogP contribution is -2.46. The molecule has 0 radical (unpaired) electrons. The van der Waals surface area contributed by atoms with Crippen LogP contribution in [0.2, 0.25) is 5.02 Å². The SMILES string of the molecule is CN=C(NCC1CCN(S(C)(=O)=O)CC1)NCC(C)(C)c1ccc(F)cc1Cl. The van der Waals surface area contributed by atoms with Crippen LogP contribution < -0.4 is 10.6 Å². The van der Waals surface area contributed by atoms with E-state index in [0.29, 0.717) is 36.5 Å². The summed E-state index contributed by atoms with van der Waals surface area (Å²) in [6, 6.07) is 4.46. The molecule has 0 amide bonds. The van der Waals surface area contributed by atoms with Gasteiger partial charge in [-0.3, -0.25) is 4.99 Å². The van der Waals surface area contributed by atoms with Crippen LogP contribution >= 0.6 is 11.6 Å². The van der Waals surface area contributed by atoms with Gasteiger partial charge >= 0.3 is 0 Å². The Bertz CT molecular complexity index is 806. The van der Waals surface area contributed by atoms with Gasteiger partial charge in [-0.2, -0.15) is 0 Å². The van der Waals surface area contributed by atoms with Crippen molar-refractivity contribution in [2.45, 2.75) is 32.1 Å². The molecule has 1 fully saturated rings. The van der Waals surface area contributed by atoms with Gasteiger partial charge in [0.15, 0.2) is 5.96 Å². The van der Waals surface area contributed by atoms with Gasteiger partial charge in [0.25, 0.3) is 0 Å². The number of hydrogen-bond acceptors (Lipinski definition) is 3. The van der Waals surface area contributed by atoms with E-state index < -0.39 is 10.0 Å². The fourth-order valence-corrected chi connectivity index (χ4v) is 4.64. The zero-order chi connectivity index (χ0) is 20.9. The number of nitrogens with zero attached hydrogens (tertiary/aromatic N) is 2. The maximum Gasteiger partial charge on any atom is 0.211 e. The predicted octanol–water partition coefficient (Wildman–Crippen LogP) is 2.59. The van der Waals surface area contributed by atoms with E-state index in [2.05, 4.69) is 15.6 Å². The number of guanidine groups is 1. The van der Waals surface area contributed by atoms with Crippen LogP contribution in [-0.4, -0.2) is 58.2 Å². The summed E-state index contributed by atoms with van der Waals surface area (Å²) in [6.45, 7) is 6.50. The molecule has 1 saturated heterocycles. The summed E-state index contributed by atoms with van der Waals surface area (Å²) in [5.74, 6) is 0.727. The van der Waals surface area contributed by atoms with E-state index in [1.54, 1.807) is 13.1 Å². The lowest BCUT2D eigenvalue weighted by Gasteiger charge is -2.31. The van der Waals surface area contributed by atoms with Gasteiger partial charge in [-0.05, 0) is 36.5 Å². The molecule has 0 aromatic heterocycles. The number of hydrogen-bond donors (Lipinski definition) is 2. The van der Waals surface area contributed by atoms with Crippen LogP contribution in [0.5, 0.6) is 0 Å². The molecule has 0 aliphatic carbocycles. The highest BCUT2D eigenvalue weighted by molar-refractivity contribution is 7.88. The number of piperidine rings is 1. The Morgan fingerprint density at radius 3 is 2.50 bits per heavy atom. The highest BCUT2D eigenvalue weighted by atomic mass is 35.5. The molecule has 158 valence electrons. The number of aliphatic imine (C=N–C) groups is 1. The monoisotopic (exact) mass is 432 g/mol. The van der Waals surface area contributed by atoms with Gasteiger partial charge in [0.05, 0.1) is 6.26 Å². The summed E-state index contributed by atoms with van der Waals surface area (Å²) in [6.07, 6.45) is 2.91. The fourth-order valence-electron chi connectivity index (χ4n) is 3.34. The molecule has 2 rings (SSSR count). The second-order valence-electron chi connectivity index (χ2n) is 7.92. The standard InChI is InChI=1S/C19H30ClFN4O2S/c1-19(2,16-6-5-15(21)11-17(16)20)13-24-18(22-3)23-12-14-7-9-25(10-8-14)28(4,26)27/h5-6,11,14H,7-10,12-13H2,1-4H3,(H2,22,23,24). The first kappa shape index (κ1) is 22.9. The fraction of sp³-hybridized carbons (Fsp3) is 0.632. The first-order chi connectivity index (χ1) is 13.0. The Kier molecular flexibility index (Phi) is 7.70. The summed E-state index contributed by atoms with van der Waals surface area (Å²) in [7, 11) is -1.39. The highest BCUT2D eigenvalue weighted by Crippen LogP contribution is 2.29. The number of rotatable bonds is 6. The molecule has 28 heavy (non-hydrogen) atoms. The van der Waals surface area contributed by atoms with Crippen molar-refractivity contribution in [3.8, 4) is 0 Å². The quantitative estimate of drug-likeness (QED) is 0.535. The van der Waals surface area contributed by atoms with Crippen LogP contribution in [0.3, 0.4) is 0 Å². The number of nitrogens with one attached hydrogen (secondary N) is 2. The summed E-state index contributed by atoms with van der Waals surface area (Å²) < 4.78 is 38.0. The molecule has 0 atom stereocenters. The summed E-state index contributed by atoms with van der Waals surface area (Å²) in [4.78, 5) is 4.26. The topological polar surface area (TPSA) is 73.8 Å². The molecule has 2 N–H and O–H groups in total. The number of benzene rings is 1. The van der Waals surface area contributed by atoms with Gasteiger partial charge in [0.1, 0.15) is 5.82 Å². The molecule has 1 heterocycles. The first-order valence-electron chi connectivity index (χ1n) is 9.38. The minimum atomic E-state index is -3.10. The van der Waals surface area contributed by atoms with Crippen molar-refractivity contribution >= 4 is 27.6 Å². The minimum absolute atomic E-state index is 0.316. The Morgan fingerprint density at radius 1 is 1.32 bits per heavy atom. The van der Waals surface area contributed by atoms with Crippen molar-refractivity contribution in [2.24, 2.45) is 10.9 Å². The molecule has 0 spiro atoms. The van der Waals surface area contributed by atoms with Crippen LogP contribution in [-0.2, 0) is 15.4 Å². The maximum atomic E-state index is 13.3. The van der Waals surface area contributed by atoms with Crippen LogP contribution in [0.4, 0.5) is 4.39 Å². The van der Waals surface area contributed by atoms with Gasteiger partial charge in [-0.15, -0.1) is 0 Å². The van der Waals surface area contributed by atoms with Gasteiger partial charge in [-0.25, -0.2) is 17.1 Å². The van der Waals surface area contributed by atoms with Gasteiger partial charge in [0.2, 0.25) is 10.0 Å². The molecule has 1 aromatic carbocycles. The van der Waals surface area contributed by atoms with Gasteiger partial charge in [0, 0.05) is 43.7 Å². The molecule has 0 bridgehead atoms. The molecule has 0 saturated carbocycles. The van der Waals surface area contributed by atoms with Crippen LogP contribution in [0.15, 0.2) is 23.2 Å². The number of halogens is 2. The average molecular weight is 433 g/mol. The Balaban J connectivity index is 1.85. The molecular formula is C19H30ClFN4O2S. The molecule has 1 aromatic rings. The van der Waals surface area contributed by atoms with Crippen LogP contribution in [0, 0.1) is 11.7 Å². The highest BCUT2D eigenvalue weighted by Gasteiger charge is 2.26. The Morgan fingerprint density at radius 2 is 1.96 bits per heavy atom. The summed E-state index contributed by atoms with van der Waals surface area (Å²) in [5.41, 5.74) is 0.551. The third-order valence-electron chi connectivity index (χ3n) is 5.18. The van der Waals surface area contributed by atoms with E-state index in [1.807, 2.05) is 13.8 Å². The Hall–Kier alpha value is -1.38. The molecule has 1 aliphatic heterocycles. The predicted molar refractivity (Wildman–Crippen MR) is 113 cm³/mol. The first-order valence-corrected chi connectivity index (χ1v) is 11.6. The average Bonchev–Trinajstić information content (AvgIpc) is 2.61. The van der Waals surface area contributed by atoms with E-state index in [0.717, 1.165) is 24.9 Å². The van der Waals surface area contributed by atoms with Gasteiger partial charge < -0.3 is 10.6 Å². The second kappa shape index (κ2) is 9.41. The van der Waals surface area contributed by atoms with E-state index in [9.17, 15) is 12.8 Å².